The first kappa shape index (κ1) is 26.2. The lowest BCUT2D eigenvalue weighted by Gasteiger charge is -2.57. The number of carbonyl (C=O) groups is 1. The van der Waals surface area contributed by atoms with Gasteiger partial charge in [-0.25, -0.2) is 0 Å². The van der Waals surface area contributed by atoms with E-state index in [1.165, 1.54) is 14.2 Å². The Labute approximate surface area is 226 Å². The second-order valence-corrected chi connectivity index (χ2v) is 10.6. The fraction of sp³-hybridized carbons (Fsp3) is 0.519. The van der Waals surface area contributed by atoms with Crippen LogP contribution in [0.4, 0.5) is 0 Å². The molecule has 0 saturated carbocycles. The standard InChI is InChI=1S/C27H32Cl2N2O6/c1-11-12(2)23(34-4)18-13(20(11)28)8-15-22-19-14(24(35-5)26(37-7)25(36-6)21(19)29)9-16(30(22)3)27(33)31(15)17(18)10-32/h15-17,22,32H,8-10H2,1-7H3/t15-,16-,17-,22-/m0/s1. The summed E-state index contributed by atoms with van der Waals surface area (Å²) in [7, 11) is 8.20. The van der Waals surface area contributed by atoms with Crippen molar-refractivity contribution in [3.8, 4) is 23.0 Å². The molecule has 1 amide bonds. The number of aliphatic hydroxyl groups excluding tert-OH is 1. The van der Waals surface area contributed by atoms with Crippen LogP contribution in [-0.4, -0.2) is 75.0 Å². The molecule has 8 nitrogen and oxygen atoms in total. The van der Waals surface area contributed by atoms with Crippen LogP contribution in [0.5, 0.6) is 23.0 Å². The normalized spacial score (nSPS) is 24.3. The Kier molecular flexibility index (Phi) is 6.67. The molecule has 1 fully saturated rings. The quantitative estimate of drug-likeness (QED) is 0.601. The molecular weight excluding hydrogens is 519 g/mol. The summed E-state index contributed by atoms with van der Waals surface area (Å²) in [6.45, 7) is 3.65. The van der Waals surface area contributed by atoms with E-state index in [-0.39, 0.29) is 24.6 Å². The van der Waals surface area contributed by atoms with Crippen LogP contribution in [0, 0.1) is 13.8 Å². The van der Waals surface area contributed by atoms with Gasteiger partial charge < -0.3 is 29.0 Å². The minimum absolute atomic E-state index is 0.0662. The van der Waals surface area contributed by atoms with Crippen molar-refractivity contribution in [1.29, 1.82) is 0 Å². The van der Waals surface area contributed by atoms with E-state index in [4.69, 9.17) is 42.1 Å². The molecular formula is C27H32Cl2N2O6. The SMILES string of the molecule is COc1c(Cl)c2c(c(OC)c1OC)C[C@H]1C(=O)N3[C@@H](CO)c4c(c(Cl)c(C)c(C)c4OC)C[C@H]3[C@@H]2N1C. The molecule has 37 heavy (non-hydrogen) atoms. The van der Waals surface area contributed by atoms with Crippen molar-refractivity contribution < 1.29 is 28.8 Å². The van der Waals surface area contributed by atoms with Gasteiger partial charge in [-0.15, -0.1) is 0 Å². The summed E-state index contributed by atoms with van der Waals surface area (Å²) in [5.41, 5.74) is 5.16. The number of carbonyl (C=O) groups excluding carboxylic acids is 1. The Morgan fingerprint density at radius 3 is 2.03 bits per heavy atom. The van der Waals surface area contributed by atoms with Crippen LogP contribution >= 0.6 is 23.2 Å². The predicted molar refractivity (Wildman–Crippen MR) is 141 cm³/mol. The molecule has 2 aromatic rings. The zero-order valence-corrected chi connectivity index (χ0v) is 23.6. The van der Waals surface area contributed by atoms with Crippen molar-refractivity contribution in [1.82, 2.24) is 9.80 Å². The van der Waals surface area contributed by atoms with Crippen LogP contribution in [0.3, 0.4) is 0 Å². The molecule has 2 bridgehead atoms. The summed E-state index contributed by atoms with van der Waals surface area (Å²) in [6.07, 6.45) is 0.853. The number of amides is 1. The Balaban J connectivity index is 1.80. The zero-order valence-electron chi connectivity index (χ0n) is 22.1. The number of fused-ring (bicyclic) bond motifs is 7. The van der Waals surface area contributed by atoms with Gasteiger partial charge in [-0.1, -0.05) is 23.2 Å². The molecule has 5 rings (SSSR count). The third-order valence-electron chi connectivity index (χ3n) is 8.47. The molecule has 4 atom stereocenters. The second-order valence-electron chi connectivity index (χ2n) is 9.84. The maximum absolute atomic E-state index is 14.1. The topological polar surface area (TPSA) is 80.7 Å². The maximum atomic E-state index is 14.1. The van der Waals surface area contributed by atoms with Gasteiger partial charge >= 0.3 is 0 Å². The van der Waals surface area contributed by atoms with Crippen molar-refractivity contribution in [2.45, 2.75) is 50.9 Å². The third-order valence-corrected chi connectivity index (χ3v) is 9.36. The number of rotatable bonds is 5. The van der Waals surface area contributed by atoms with Gasteiger partial charge in [0.2, 0.25) is 11.7 Å². The minimum atomic E-state index is -0.603. The van der Waals surface area contributed by atoms with Crippen molar-refractivity contribution in [2.75, 3.05) is 42.1 Å². The van der Waals surface area contributed by atoms with E-state index < -0.39 is 12.1 Å². The maximum Gasteiger partial charge on any atom is 0.241 e. The number of likely N-dealkylation sites (N-methyl/N-ethyl adjacent to an activating group) is 1. The highest BCUT2D eigenvalue weighted by molar-refractivity contribution is 6.33. The lowest BCUT2D eigenvalue weighted by Crippen LogP contribution is -2.67. The van der Waals surface area contributed by atoms with E-state index >= 15 is 0 Å². The molecule has 0 radical (unpaired) electrons. The number of ether oxygens (including phenoxy) is 4. The molecule has 3 heterocycles. The summed E-state index contributed by atoms with van der Waals surface area (Å²) >= 11 is 14.0. The first-order valence-corrected chi connectivity index (χ1v) is 12.9. The van der Waals surface area contributed by atoms with Crippen LogP contribution in [0.15, 0.2) is 0 Å². The molecule has 3 aliphatic heterocycles. The van der Waals surface area contributed by atoms with Crippen LogP contribution in [-0.2, 0) is 17.6 Å². The monoisotopic (exact) mass is 550 g/mol. The Morgan fingerprint density at radius 1 is 0.838 bits per heavy atom. The first-order chi connectivity index (χ1) is 17.7. The van der Waals surface area contributed by atoms with Gasteiger partial charge in [-0.2, -0.15) is 0 Å². The van der Waals surface area contributed by atoms with Gasteiger partial charge in [0.1, 0.15) is 5.75 Å². The van der Waals surface area contributed by atoms with E-state index in [1.807, 2.05) is 25.8 Å². The second kappa shape index (κ2) is 9.42. The lowest BCUT2D eigenvalue weighted by molar-refractivity contribution is -0.158. The largest absolute Gasteiger partial charge is 0.496 e. The highest BCUT2D eigenvalue weighted by Crippen LogP contribution is 2.57. The van der Waals surface area contributed by atoms with Crippen LogP contribution in [0.25, 0.3) is 0 Å². The Bertz CT molecular complexity index is 1300. The average molecular weight is 551 g/mol. The van der Waals surface area contributed by atoms with Gasteiger partial charge in [0.05, 0.1) is 64.2 Å². The number of hydrogen-bond donors (Lipinski definition) is 1. The van der Waals surface area contributed by atoms with E-state index in [9.17, 15) is 9.90 Å². The fourth-order valence-electron chi connectivity index (χ4n) is 6.72. The van der Waals surface area contributed by atoms with Gasteiger partial charge in [-0.3, -0.25) is 9.69 Å². The predicted octanol–water partition coefficient (Wildman–Crippen LogP) is 4.04. The molecule has 2 aromatic carbocycles. The van der Waals surface area contributed by atoms with Crippen molar-refractivity contribution in [3.05, 3.63) is 43.4 Å². The third kappa shape index (κ3) is 3.38. The van der Waals surface area contributed by atoms with E-state index in [1.54, 1.807) is 14.2 Å². The van der Waals surface area contributed by atoms with E-state index in [2.05, 4.69) is 4.90 Å². The number of hydrogen-bond acceptors (Lipinski definition) is 7. The Hall–Kier alpha value is -2.39. The van der Waals surface area contributed by atoms with E-state index in [0.29, 0.717) is 45.9 Å². The van der Waals surface area contributed by atoms with Gasteiger partial charge in [0.15, 0.2) is 11.5 Å². The van der Waals surface area contributed by atoms with Gasteiger partial charge in [0.25, 0.3) is 0 Å². The highest BCUT2D eigenvalue weighted by atomic mass is 35.5. The number of aliphatic hydroxyl groups is 1. The number of methoxy groups -OCH3 is 4. The summed E-state index contributed by atoms with van der Waals surface area (Å²) in [5.74, 6) is 1.91. The van der Waals surface area contributed by atoms with Crippen LogP contribution in [0.1, 0.15) is 45.5 Å². The first-order valence-electron chi connectivity index (χ1n) is 12.2. The Morgan fingerprint density at radius 2 is 1.46 bits per heavy atom. The minimum Gasteiger partial charge on any atom is -0.496 e. The summed E-state index contributed by atoms with van der Waals surface area (Å²) < 4.78 is 22.9. The van der Waals surface area contributed by atoms with Gasteiger partial charge in [0, 0.05) is 28.1 Å². The molecule has 10 heteroatoms. The van der Waals surface area contributed by atoms with Crippen molar-refractivity contribution in [2.24, 2.45) is 0 Å². The number of nitrogens with zero attached hydrogens (tertiary/aromatic N) is 2. The number of benzene rings is 2. The summed E-state index contributed by atoms with van der Waals surface area (Å²) in [4.78, 5) is 18.0. The number of halogens is 2. The average Bonchev–Trinajstić information content (AvgIpc) is 2.89. The smallest absolute Gasteiger partial charge is 0.241 e. The highest BCUT2D eigenvalue weighted by Gasteiger charge is 2.56. The lowest BCUT2D eigenvalue weighted by atomic mass is 9.74. The summed E-state index contributed by atoms with van der Waals surface area (Å²) in [5, 5.41) is 11.7. The molecule has 200 valence electrons. The van der Waals surface area contributed by atoms with Crippen LogP contribution in [0.2, 0.25) is 10.0 Å². The fourth-order valence-corrected chi connectivity index (χ4v) is 7.42. The molecule has 1 saturated heterocycles. The molecule has 0 spiro atoms. The zero-order chi connectivity index (χ0) is 26.9. The van der Waals surface area contributed by atoms with Crippen LogP contribution < -0.4 is 18.9 Å². The molecule has 3 aliphatic rings. The molecule has 1 N–H and O–H groups in total. The van der Waals surface area contributed by atoms with Crippen molar-refractivity contribution in [3.63, 3.8) is 0 Å². The molecule has 0 aromatic heterocycles. The molecule has 0 unspecified atom stereocenters. The van der Waals surface area contributed by atoms with Crippen molar-refractivity contribution >= 4 is 29.1 Å². The van der Waals surface area contributed by atoms with Gasteiger partial charge in [-0.05, 0) is 44.0 Å². The summed E-state index contributed by atoms with van der Waals surface area (Å²) in [6, 6.07) is -1.71. The number of piperazine rings is 1. The van der Waals surface area contributed by atoms with E-state index in [0.717, 1.165) is 33.4 Å². The molecule has 0 aliphatic carbocycles.